The lowest BCUT2D eigenvalue weighted by molar-refractivity contribution is -0.146. The summed E-state index contributed by atoms with van der Waals surface area (Å²) in [6.07, 6.45) is 1.38. The van der Waals surface area contributed by atoms with Crippen molar-refractivity contribution in [2.24, 2.45) is 0 Å². The number of carbonyl (C=O) groups is 2. The van der Waals surface area contributed by atoms with Crippen LogP contribution in [0.1, 0.15) is 41.4 Å². The molecule has 1 N–H and O–H groups in total. The third-order valence-corrected chi connectivity index (χ3v) is 5.37. The fraction of sp³-hybridized carbons (Fsp3) is 0.261. The van der Waals surface area contributed by atoms with Crippen molar-refractivity contribution in [3.8, 4) is 22.5 Å². The molecule has 1 heterocycles. The predicted octanol–water partition coefficient (Wildman–Crippen LogP) is 4.61. The number of carboxylic acids is 1. The van der Waals surface area contributed by atoms with Crippen molar-refractivity contribution in [3.63, 3.8) is 0 Å². The second-order valence-electron chi connectivity index (χ2n) is 7.21. The van der Waals surface area contributed by atoms with Crippen LogP contribution in [0.3, 0.4) is 0 Å². The maximum Gasteiger partial charge on any atom is 0.341 e. The van der Waals surface area contributed by atoms with Gasteiger partial charge in [-0.3, -0.25) is 4.79 Å². The predicted molar refractivity (Wildman–Crippen MR) is 107 cm³/mol. The lowest BCUT2D eigenvalue weighted by Gasteiger charge is -2.19. The summed E-state index contributed by atoms with van der Waals surface area (Å²) in [6, 6.07) is 15.4. The Hall–Kier alpha value is -3.41. The quantitative estimate of drug-likeness (QED) is 0.617. The van der Waals surface area contributed by atoms with Crippen molar-refractivity contribution in [2.75, 3.05) is 6.61 Å². The Morgan fingerprint density at radius 3 is 2.48 bits per heavy atom. The van der Waals surface area contributed by atoms with E-state index in [1.807, 2.05) is 42.5 Å². The molecule has 3 aromatic rings. The Morgan fingerprint density at radius 2 is 1.86 bits per heavy atom. The number of aromatic carboxylic acids is 1. The third kappa shape index (κ3) is 3.20. The highest BCUT2D eigenvalue weighted by molar-refractivity contribution is 5.96. The fourth-order valence-electron chi connectivity index (χ4n) is 3.75. The van der Waals surface area contributed by atoms with Crippen LogP contribution in [-0.2, 0) is 14.9 Å². The first-order chi connectivity index (χ1) is 14.0. The molecule has 1 saturated carbocycles. The van der Waals surface area contributed by atoms with Crippen molar-refractivity contribution in [2.45, 2.75) is 32.1 Å². The molecule has 1 aliphatic rings. The van der Waals surface area contributed by atoms with Gasteiger partial charge in [-0.05, 0) is 49.4 Å². The van der Waals surface area contributed by atoms with E-state index in [2.05, 4.69) is 5.16 Å². The molecule has 0 saturated heterocycles. The molecule has 148 valence electrons. The van der Waals surface area contributed by atoms with E-state index in [0.29, 0.717) is 30.7 Å². The molecule has 1 aliphatic carbocycles. The van der Waals surface area contributed by atoms with E-state index < -0.39 is 11.4 Å². The van der Waals surface area contributed by atoms with Gasteiger partial charge in [-0.1, -0.05) is 47.6 Å². The van der Waals surface area contributed by atoms with E-state index in [0.717, 1.165) is 16.7 Å². The van der Waals surface area contributed by atoms with Crippen LogP contribution in [0.4, 0.5) is 0 Å². The summed E-state index contributed by atoms with van der Waals surface area (Å²) >= 11 is 0. The zero-order valence-corrected chi connectivity index (χ0v) is 16.3. The minimum absolute atomic E-state index is 0.0318. The molecule has 6 heteroatoms. The van der Waals surface area contributed by atoms with Gasteiger partial charge in [-0.2, -0.15) is 0 Å². The van der Waals surface area contributed by atoms with Crippen LogP contribution >= 0.6 is 0 Å². The van der Waals surface area contributed by atoms with E-state index in [1.165, 1.54) is 0 Å². The van der Waals surface area contributed by atoms with Gasteiger partial charge in [0, 0.05) is 5.56 Å². The second-order valence-corrected chi connectivity index (χ2v) is 7.21. The van der Waals surface area contributed by atoms with Crippen LogP contribution in [0.15, 0.2) is 53.1 Å². The minimum Gasteiger partial charge on any atom is -0.477 e. The summed E-state index contributed by atoms with van der Waals surface area (Å²) in [4.78, 5) is 24.5. The van der Waals surface area contributed by atoms with Crippen LogP contribution in [-0.4, -0.2) is 28.8 Å². The molecule has 0 spiro atoms. The van der Waals surface area contributed by atoms with Crippen molar-refractivity contribution in [3.05, 3.63) is 65.4 Å². The third-order valence-electron chi connectivity index (χ3n) is 5.37. The van der Waals surface area contributed by atoms with Crippen LogP contribution < -0.4 is 0 Å². The molecular weight excluding hydrogens is 370 g/mol. The van der Waals surface area contributed by atoms with Crippen molar-refractivity contribution >= 4 is 11.9 Å². The molecule has 0 unspecified atom stereocenters. The monoisotopic (exact) mass is 391 g/mol. The molecule has 0 radical (unpaired) electrons. The molecule has 6 nitrogen and oxygen atoms in total. The largest absolute Gasteiger partial charge is 0.477 e. The summed E-state index contributed by atoms with van der Waals surface area (Å²) in [5, 5.41) is 13.4. The average Bonchev–Trinajstić information content (AvgIpc) is 3.44. The number of ether oxygens (including phenoxy) is 1. The zero-order chi connectivity index (χ0) is 20.6. The molecule has 2 aromatic carbocycles. The Labute approximate surface area is 168 Å². The van der Waals surface area contributed by atoms with E-state index in [-0.39, 0.29) is 17.3 Å². The molecule has 0 aliphatic heterocycles. The molecule has 1 fully saturated rings. The highest BCUT2D eigenvalue weighted by atomic mass is 16.5. The van der Waals surface area contributed by atoms with Crippen LogP contribution in [0, 0.1) is 6.92 Å². The molecule has 4 rings (SSSR count). The van der Waals surface area contributed by atoms with Gasteiger partial charge >= 0.3 is 11.9 Å². The van der Waals surface area contributed by atoms with Gasteiger partial charge < -0.3 is 14.4 Å². The summed E-state index contributed by atoms with van der Waals surface area (Å²) in [5.74, 6) is -1.16. The van der Waals surface area contributed by atoms with Gasteiger partial charge in [0.25, 0.3) is 0 Å². The van der Waals surface area contributed by atoms with Gasteiger partial charge in [0.2, 0.25) is 0 Å². The van der Waals surface area contributed by atoms with Gasteiger partial charge in [0.15, 0.2) is 5.76 Å². The van der Waals surface area contributed by atoms with Crippen molar-refractivity contribution in [1.82, 2.24) is 5.16 Å². The average molecular weight is 391 g/mol. The van der Waals surface area contributed by atoms with Crippen LogP contribution in [0.2, 0.25) is 0 Å². The molecular formula is C23H21NO5. The first kappa shape index (κ1) is 18.9. The molecule has 29 heavy (non-hydrogen) atoms. The SMILES string of the molecule is CCOC(=O)C1(c2cc(-c3onc(C)c3C(=O)O)ccc2-c2ccccc2)CC1. The number of nitrogens with zero attached hydrogens (tertiary/aromatic N) is 1. The summed E-state index contributed by atoms with van der Waals surface area (Å²) in [7, 11) is 0. The first-order valence-corrected chi connectivity index (χ1v) is 9.55. The number of benzene rings is 2. The number of rotatable bonds is 6. The minimum atomic E-state index is -1.10. The topological polar surface area (TPSA) is 89.6 Å². The molecule has 1 aromatic heterocycles. The number of aromatic nitrogens is 1. The first-order valence-electron chi connectivity index (χ1n) is 9.55. The summed E-state index contributed by atoms with van der Waals surface area (Å²) in [5.41, 5.74) is 2.94. The number of carboxylic acid groups (broad SMARTS) is 1. The molecule has 0 amide bonds. The smallest absolute Gasteiger partial charge is 0.341 e. The Morgan fingerprint density at radius 1 is 1.14 bits per heavy atom. The van der Waals surface area contributed by atoms with Gasteiger partial charge in [-0.15, -0.1) is 0 Å². The Kier molecular flexibility index (Phi) is 4.70. The number of carbonyl (C=O) groups excluding carboxylic acids is 1. The van der Waals surface area contributed by atoms with E-state index in [4.69, 9.17) is 9.26 Å². The normalized spacial score (nSPS) is 14.4. The summed E-state index contributed by atoms with van der Waals surface area (Å²) in [6.45, 7) is 3.70. The number of esters is 1. The van der Waals surface area contributed by atoms with E-state index in [9.17, 15) is 14.7 Å². The van der Waals surface area contributed by atoms with Gasteiger partial charge in [0.1, 0.15) is 5.56 Å². The summed E-state index contributed by atoms with van der Waals surface area (Å²) < 4.78 is 10.7. The van der Waals surface area contributed by atoms with E-state index in [1.54, 1.807) is 19.9 Å². The zero-order valence-electron chi connectivity index (χ0n) is 16.3. The van der Waals surface area contributed by atoms with Crippen LogP contribution in [0.25, 0.3) is 22.5 Å². The van der Waals surface area contributed by atoms with Gasteiger partial charge in [0.05, 0.1) is 17.7 Å². The van der Waals surface area contributed by atoms with Gasteiger partial charge in [-0.25, -0.2) is 4.79 Å². The Balaban J connectivity index is 1.91. The molecule has 0 bridgehead atoms. The molecule has 0 atom stereocenters. The number of aryl methyl sites for hydroxylation is 1. The second kappa shape index (κ2) is 7.20. The van der Waals surface area contributed by atoms with Crippen molar-refractivity contribution < 1.29 is 24.0 Å². The van der Waals surface area contributed by atoms with Crippen LogP contribution in [0.5, 0.6) is 0 Å². The number of hydrogen-bond acceptors (Lipinski definition) is 5. The maximum atomic E-state index is 12.8. The Bertz CT molecular complexity index is 1080. The maximum absolute atomic E-state index is 12.8. The fourth-order valence-corrected chi connectivity index (χ4v) is 3.75. The standard InChI is InChI=1S/C23H21NO5/c1-3-28-22(27)23(11-12-23)18-13-16(20-19(21(25)26)14(2)24-29-20)9-10-17(18)15-7-5-4-6-8-15/h4-10,13H,3,11-12H2,1-2H3,(H,25,26). The number of hydrogen-bond donors (Lipinski definition) is 1. The highest BCUT2D eigenvalue weighted by Gasteiger charge is 2.54. The highest BCUT2D eigenvalue weighted by Crippen LogP contribution is 2.53. The lowest BCUT2D eigenvalue weighted by atomic mass is 9.86. The lowest BCUT2D eigenvalue weighted by Crippen LogP contribution is -2.24. The van der Waals surface area contributed by atoms with Crippen molar-refractivity contribution in [1.29, 1.82) is 0 Å². The van der Waals surface area contributed by atoms with E-state index >= 15 is 0 Å².